The van der Waals surface area contributed by atoms with Gasteiger partial charge < -0.3 is 11.1 Å². The smallest absolute Gasteiger partial charge is 0.220 e. The number of thiocarbonyl (C=S) groups is 1. The number of nitrogens with one attached hydrogen (secondary N) is 1. The summed E-state index contributed by atoms with van der Waals surface area (Å²) < 4.78 is 0. The Bertz CT molecular complexity index is 168. The molecule has 0 radical (unpaired) electrons. The average Bonchev–Trinajstić information content (AvgIpc) is 2.03. The molecule has 3 nitrogen and oxygen atoms in total. The Labute approximate surface area is 78.7 Å². The van der Waals surface area contributed by atoms with E-state index in [1.165, 1.54) is 0 Å². The van der Waals surface area contributed by atoms with Crippen LogP contribution in [0.5, 0.6) is 0 Å². The van der Waals surface area contributed by atoms with Crippen LogP contribution in [0.2, 0.25) is 0 Å². The van der Waals surface area contributed by atoms with Gasteiger partial charge in [0, 0.05) is 6.42 Å². The van der Waals surface area contributed by atoms with Crippen molar-refractivity contribution in [3.05, 3.63) is 0 Å². The Morgan fingerprint density at radius 1 is 1.58 bits per heavy atom. The molecule has 0 aliphatic heterocycles. The topological polar surface area (TPSA) is 55.1 Å². The maximum absolute atomic E-state index is 11.0. The summed E-state index contributed by atoms with van der Waals surface area (Å²) in [4.78, 5) is 11.3. The summed E-state index contributed by atoms with van der Waals surface area (Å²) >= 11 is 4.81. The lowest BCUT2D eigenvalue weighted by atomic mass is 10.1. The molecule has 1 amide bonds. The van der Waals surface area contributed by atoms with E-state index in [0.29, 0.717) is 11.4 Å². The molecule has 0 bridgehead atoms. The van der Waals surface area contributed by atoms with Gasteiger partial charge in [-0.15, -0.1) is 0 Å². The van der Waals surface area contributed by atoms with Crippen molar-refractivity contribution in [3.8, 4) is 0 Å². The molecule has 0 aliphatic rings. The molecule has 4 heteroatoms. The third kappa shape index (κ3) is 4.28. The van der Waals surface area contributed by atoms with Crippen LogP contribution in [0, 0.1) is 0 Å². The van der Waals surface area contributed by atoms with Gasteiger partial charge in [-0.2, -0.15) is 0 Å². The predicted molar refractivity (Wildman–Crippen MR) is 53.9 cm³/mol. The standard InChI is InChI=1S/C8H16N2OS/c1-3-5-6(8(9)12)10-7(11)4-2/h6H,3-5H2,1-2H3,(H2,9,12)(H,10,11). The van der Waals surface area contributed by atoms with Gasteiger partial charge in [0.15, 0.2) is 0 Å². The van der Waals surface area contributed by atoms with Crippen LogP contribution < -0.4 is 11.1 Å². The number of carbonyl (C=O) groups is 1. The van der Waals surface area contributed by atoms with Crippen LogP contribution in [0.15, 0.2) is 0 Å². The summed E-state index contributed by atoms with van der Waals surface area (Å²) in [7, 11) is 0. The van der Waals surface area contributed by atoms with Crippen LogP contribution in [0.1, 0.15) is 33.1 Å². The van der Waals surface area contributed by atoms with Gasteiger partial charge in [-0.25, -0.2) is 0 Å². The van der Waals surface area contributed by atoms with Crippen LogP contribution in [-0.2, 0) is 4.79 Å². The van der Waals surface area contributed by atoms with Crippen LogP contribution >= 0.6 is 12.2 Å². The Hall–Kier alpha value is -0.640. The first-order chi connectivity index (χ1) is 5.61. The first kappa shape index (κ1) is 11.4. The SMILES string of the molecule is CCCC(NC(=O)CC)C(N)=S. The minimum absolute atomic E-state index is 0.00116. The second-order valence-electron chi connectivity index (χ2n) is 2.66. The van der Waals surface area contributed by atoms with Crippen LogP contribution in [-0.4, -0.2) is 16.9 Å². The van der Waals surface area contributed by atoms with Gasteiger partial charge in [-0.05, 0) is 6.42 Å². The van der Waals surface area contributed by atoms with Crippen LogP contribution in [0.4, 0.5) is 0 Å². The molecule has 1 atom stereocenters. The van der Waals surface area contributed by atoms with Crippen LogP contribution in [0.25, 0.3) is 0 Å². The fourth-order valence-corrected chi connectivity index (χ4v) is 1.05. The third-order valence-electron chi connectivity index (χ3n) is 1.58. The van der Waals surface area contributed by atoms with Gasteiger partial charge in [0.2, 0.25) is 5.91 Å². The molecule has 70 valence electrons. The Morgan fingerprint density at radius 2 is 2.17 bits per heavy atom. The molecule has 0 spiro atoms. The van der Waals surface area contributed by atoms with E-state index >= 15 is 0 Å². The van der Waals surface area contributed by atoms with Gasteiger partial charge in [-0.3, -0.25) is 4.79 Å². The van der Waals surface area contributed by atoms with E-state index in [1.807, 2.05) is 6.92 Å². The molecule has 0 aromatic heterocycles. The predicted octanol–water partition coefficient (Wildman–Crippen LogP) is 0.967. The fourth-order valence-electron chi connectivity index (χ4n) is 0.871. The molecule has 3 N–H and O–H groups in total. The third-order valence-corrected chi connectivity index (χ3v) is 1.86. The van der Waals surface area contributed by atoms with Gasteiger partial charge >= 0.3 is 0 Å². The van der Waals surface area contributed by atoms with Crippen molar-refractivity contribution in [3.63, 3.8) is 0 Å². The summed E-state index contributed by atoms with van der Waals surface area (Å²) in [6, 6.07) is -0.127. The number of rotatable bonds is 5. The molecule has 0 fully saturated rings. The molecule has 0 saturated carbocycles. The number of amides is 1. The maximum atomic E-state index is 11.0. The van der Waals surface area contributed by atoms with Gasteiger partial charge in [0.05, 0.1) is 11.0 Å². The number of hydrogen-bond donors (Lipinski definition) is 2. The molecule has 0 aliphatic carbocycles. The molecular formula is C8H16N2OS. The monoisotopic (exact) mass is 188 g/mol. The van der Waals surface area contributed by atoms with Gasteiger partial charge in [0.1, 0.15) is 0 Å². The van der Waals surface area contributed by atoms with E-state index in [9.17, 15) is 4.79 Å². The minimum Gasteiger partial charge on any atom is -0.392 e. The lowest BCUT2D eigenvalue weighted by Gasteiger charge is -2.15. The van der Waals surface area contributed by atoms with Crippen molar-refractivity contribution >= 4 is 23.1 Å². The highest BCUT2D eigenvalue weighted by atomic mass is 32.1. The molecule has 0 aromatic carbocycles. The number of hydrogen-bond acceptors (Lipinski definition) is 2. The van der Waals surface area contributed by atoms with E-state index in [0.717, 1.165) is 12.8 Å². The normalized spacial score (nSPS) is 12.2. The van der Waals surface area contributed by atoms with E-state index in [1.54, 1.807) is 6.92 Å². The van der Waals surface area contributed by atoms with Crippen molar-refractivity contribution in [2.24, 2.45) is 5.73 Å². The Kier molecular flexibility index (Phi) is 5.62. The van der Waals surface area contributed by atoms with E-state index in [4.69, 9.17) is 18.0 Å². The van der Waals surface area contributed by atoms with Gasteiger partial charge in [-0.1, -0.05) is 32.5 Å². The Balaban J connectivity index is 3.95. The molecule has 12 heavy (non-hydrogen) atoms. The quantitative estimate of drug-likeness (QED) is 0.632. The summed E-state index contributed by atoms with van der Waals surface area (Å²) in [5, 5.41) is 2.76. The second kappa shape index (κ2) is 5.94. The Morgan fingerprint density at radius 3 is 2.50 bits per heavy atom. The summed E-state index contributed by atoms with van der Waals surface area (Å²) in [5.74, 6) is 0.00116. The van der Waals surface area contributed by atoms with E-state index in [-0.39, 0.29) is 11.9 Å². The molecule has 1 unspecified atom stereocenters. The first-order valence-electron chi connectivity index (χ1n) is 4.20. The van der Waals surface area contributed by atoms with Crippen molar-refractivity contribution in [2.45, 2.75) is 39.2 Å². The van der Waals surface area contributed by atoms with Crippen molar-refractivity contribution in [1.29, 1.82) is 0 Å². The zero-order valence-electron chi connectivity index (χ0n) is 7.59. The molecule has 0 heterocycles. The highest BCUT2D eigenvalue weighted by Crippen LogP contribution is 1.97. The number of nitrogens with two attached hydrogens (primary N) is 1. The maximum Gasteiger partial charge on any atom is 0.220 e. The number of carbonyl (C=O) groups excluding carboxylic acids is 1. The average molecular weight is 188 g/mol. The molecule has 0 saturated heterocycles. The van der Waals surface area contributed by atoms with Gasteiger partial charge in [0.25, 0.3) is 0 Å². The molecule has 0 rings (SSSR count). The minimum atomic E-state index is -0.127. The molecule has 0 aromatic rings. The largest absolute Gasteiger partial charge is 0.392 e. The van der Waals surface area contributed by atoms with Crippen molar-refractivity contribution < 1.29 is 4.79 Å². The molecular weight excluding hydrogens is 172 g/mol. The first-order valence-corrected chi connectivity index (χ1v) is 4.61. The highest BCUT2D eigenvalue weighted by Gasteiger charge is 2.11. The highest BCUT2D eigenvalue weighted by molar-refractivity contribution is 7.80. The zero-order valence-corrected chi connectivity index (χ0v) is 8.41. The fraction of sp³-hybridized carbons (Fsp3) is 0.750. The summed E-state index contributed by atoms with van der Waals surface area (Å²) in [6.07, 6.45) is 2.26. The van der Waals surface area contributed by atoms with Crippen LogP contribution in [0.3, 0.4) is 0 Å². The second-order valence-corrected chi connectivity index (χ2v) is 3.14. The van der Waals surface area contributed by atoms with Crippen molar-refractivity contribution in [1.82, 2.24) is 5.32 Å². The zero-order chi connectivity index (χ0) is 9.56. The summed E-state index contributed by atoms with van der Waals surface area (Å²) in [5.41, 5.74) is 5.44. The summed E-state index contributed by atoms with van der Waals surface area (Å²) in [6.45, 7) is 3.83. The van der Waals surface area contributed by atoms with E-state index < -0.39 is 0 Å². The lowest BCUT2D eigenvalue weighted by molar-refractivity contribution is -0.121. The van der Waals surface area contributed by atoms with Crippen molar-refractivity contribution in [2.75, 3.05) is 0 Å². The van der Waals surface area contributed by atoms with E-state index in [2.05, 4.69) is 5.32 Å². The lowest BCUT2D eigenvalue weighted by Crippen LogP contribution is -2.43.